The molecule has 1 aliphatic rings. The molecule has 1 aliphatic carbocycles. The number of hydrogen-bond donors (Lipinski definition) is 3. The molecule has 0 spiro atoms. The summed E-state index contributed by atoms with van der Waals surface area (Å²) in [5.41, 5.74) is 2.18. The molecule has 6 heteroatoms. The fraction of sp³-hybridized carbons (Fsp3) is 0.529. The Labute approximate surface area is 135 Å². The molecule has 6 nitrogen and oxygen atoms in total. The van der Waals surface area contributed by atoms with Crippen molar-refractivity contribution in [1.82, 2.24) is 10.3 Å². The van der Waals surface area contributed by atoms with E-state index in [4.69, 9.17) is 9.52 Å². The summed E-state index contributed by atoms with van der Waals surface area (Å²) < 4.78 is 5.76. The first kappa shape index (κ1) is 15.8. The average Bonchev–Trinajstić information content (AvgIpc) is 3.26. The van der Waals surface area contributed by atoms with Gasteiger partial charge in [-0.1, -0.05) is 13.8 Å². The third kappa shape index (κ3) is 3.82. The molecule has 1 fully saturated rings. The van der Waals surface area contributed by atoms with Gasteiger partial charge in [-0.3, -0.25) is 0 Å². The zero-order chi connectivity index (χ0) is 16.4. The highest BCUT2D eigenvalue weighted by Gasteiger charge is 2.28. The minimum atomic E-state index is -0.279. The highest BCUT2D eigenvalue weighted by Crippen LogP contribution is 2.40. The summed E-state index contributed by atoms with van der Waals surface area (Å²) in [6, 6.07) is 5.13. The molecular weight excluding hydrogens is 294 g/mol. The first-order chi connectivity index (χ1) is 11.1. The quantitative estimate of drug-likeness (QED) is 0.763. The number of carbonyl (C=O) groups excluding carboxylic acids is 1. The van der Waals surface area contributed by atoms with E-state index < -0.39 is 0 Å². The molecule has 2 aromatic rings. The lowest BCUT2D eigenvalue weighted by Crippen LogP contribution is -2.41. The standard InChI is InChI=1S/C17H23N3O3/c1-10(2)13(7-8-21)20-17(22)18-12-5-6-14-15(9-12)23-16(19-14)11-3-4-11/h5-6,9-11,13,21H,3-4,7-8H2,1-2H3,(H2,18,20,22). The number of hydrogen-bond acceptors (Lipinski definition) is 4. The number of anilines is 1. The Morgan fingerprint density at radius 1 is 1.43 bits per heavy atom. The van der Waals surface area contributed by atoms with E-state index in [-0.39, 0.29) is 24.6 Å². The highest BCUT2D eigenvalue weighted by molar-refractivity contribution is 5.91. The Hall–Kier alpha value is -2.08. The van der Waals surface area contributed by atoms with E-state index >= 15 is 0 Å². The Balaban J connectivity index is 1.66. The number of nitrogens with zero attached hydrogens (tertiary/aromatic N) is 1. The number of rotatable bonds is 6. The summed E-state index contributed by atoms with van der Waals surface area (Å²) in [7, 11) is 0. The summed E-state index contributed by atoms with van der Waals surface area (Å²) in [5.74, 6) is 1.52. The van der Waals surface area contributed by atoms with Crippen LogP contribution in [-0.2, 0) is 0 Å². The van der Waals surface area contributed by atoms with Crippen LogP contribution in [0.5, 0.6) is 0 Å². The molecule has 1 heterocycles. The van der Waals surface area contributed by atoms with Gasteiger partial charge in [-0.25, -0.2) is 9.78 Å². The summed E-state index contributed by atoms with van der Waals surface area (Å²) in [6.45, 7) is 4.08. The third-order valence-electron chi connectivity index (χ3n) is 4.15. The molecule has 0 saturated heterocycles. The first-order valence-corrected chi connectivity index (χ1v) is 8.15. The van der Waals surface area contributed by atoms with Crippen LogP contribution in [0.2, 0.25) is 0 Å². The van der Waals surface area contributed by atoms with Crippen molar-refractivity contribution in [1.29, 1.82) is 0 Å². The predicted octanol–water partition coefficient (Wildman–Crippen LogP) is 3.23. The molecule has 0 bridgehead atoms. The van der Waals surface area contributed by atoms with Gasteiger partial charge in [0.25, 0.3) is 0 Å². The second-order valence-corrected chi connectivity index (χ2v) is 6.47. The lowest BCUT2D eigenvalue weighted by molar-refractivity contribution is 0.227. The van der Waals surface area contributed by atoms with E-state index in [0.717, 1.165) is 24.2 Å². The zero-order valence-electron chi connectivity index (χ0n) is 13.5. The monoisotopic (exact) mass is 317 g/mol. The number of aliphatic hydroxyl groups excluding tert-OH is 1. The van der Waals surface area contributed by atoms with Crippen LogP contribution in [0.25, 0.3) is 11.1 Å². The van der Waals surface area contributed by atoms with Gasteiger partial charge in [0.2, 0.25) is 0 Å². The normalized spacial score (nSPS) is 15.8. The third-order valence-corrected chi connectivity index (χ3v) is 4.15. The predicted molar refractivity (Wildman–Crippen MR) is 88.5 cm³/mol. The molecule has 2 amide bonds. The maximum Gasteiger partial charge on any atom is 0.319 e. The Morgan fingerprint density at radius 3 is 2.87 bits per heavy atom. The summed E-state index contributed by atoms with van der Waals surface area (Å²) in [6.07, 6.45) is 2.82. The molecule has 1 unspecified atom stereocenters. The second kappa shape index (κ2) is 6.58. The van der Waals surface area contributed by atoms with Gasteiger partial charge in [-0.15, -0.1) is 0 Å². The Bertz CT molecular complexity index is 691. The molecule has 3 N–H and O–H groups in total. The molecule has 124 valence electrons. The number of fused-ring (bicyclic) bond motifs is 1. The Morgan fingerprint density at radius 2 is 2.22 bits per heavy atom. The van der Waals surface area contributed by atoms with Crippen molar-refractivity contribution in [2.24, 2.45) is 5.92 Å². The van der Waals surface area contributed by atoms with E-state index in [0.29, 0.717) is 23.6 Å². The molecule has 1 saturated carbocycles. The van der Waals surface area contributed by atoms with Gasteiger partial charge in [-0.05, 0) is 37.3 Å². The minimum Gasteiger partial charge on any atom is -0.440 e. The van der Waals surface area contributed by atoms with E-state index in [1.807, 2.05) is 26.0 Å². The molecule has 1 aromatic heterocycles. The molecule has 3 rings (SSSR count). The van der Waals surface area contributed by atoms with Crippen molar-refractivity contribution in [2.75, 3.05) is 11.9 Å². The number of benzene rings is 1. The number of carbonyl (C=O) groups is 1. The van der Waals surface area contributed by atoms with E-state index in [1.54, 1.807) is 6.07 Å². The van der Waals surface area contributed by atoms with Crippen molar-refractivity contribution in [3.05, 3.63) is 24.1 Å². The topological polar surface area (TPSA) is 87.4 Å². The van der Waals surface area contributed by atoms with Crippen molar-refractivity contribution < 1.29 is 14.3 Å². The van der Waals surface area contributed by atoms with Crippen LogP contribution in [-0.4, -0.2) is 28.8 Å². The number of aromatic nitrogens is 1. The van der Waals surface area contributed by atoms with Crippen LogP contribution in [0.1, 0.15) is 44.9 Å². The lowest BCUT2D eigenvalue weighted by atomic mass is 10.0. The van der Waals surface area contributed by atoms with Crippen LogP contribution >= 0.6 is 0 Å². The molecular formula is C17H23N3O3. The van der Waals surface area contributed by atoms with Gasteiger partial charge in [0.05, 0.1) is 0 Å². The number of oxazole rings is 1. The summed E-state index contributed by atoms with van der Waals surface area (Å²) in [5, 5.41) is 14.8. The van der Waals surface area contributed by atoms with Gasteiger partial charge < -0.3 is 20.2 Å². The highest BCUT2D eigenvalue weighted by atomic mass is 16.3. The molecule has 1 atom stereocenters. The summed E-state index contributed by atoms with van der Waals surface area (Å²) in [4.78, 5) is 16.6. The lowest BCUT2D eigenvalue weighted by Gasteiger charge is -2.21. The van der Waals surface area contributed by atoms with Gasteiger partial charge >= 0.3 is 6.03 Å². The van der Waals surface area contributed by atoms with Gasteiger partial charge in [0.15, 0.2) is 11.5 Å². The van der Waals surface area contributed by atoms with Crippen molar-refractivity contribution >= 4 is 22.8 Å². The smallest absolute Gasteiger partial charge is 0.319 e. The van der Waals surface area contributed by atoms with Crippen LogP contribution in [0.4, 0.5) is 10.5 Å². The maximum atomic E-state index is 12.1. The fourth-order valence-corrected chi connectivity index (χ4v) is 2.57. The molecule has 23 heavy (non-hydrogen) atoms. The number of aliphatic hydroxyl groups is 1. The fourth-order valence-electron chi connectivity index (χ4n) is 2.57. The Kier molecular flexibility index (Phi) is 4.52. The number of nitrogens with one attached hydrogen (secondary N) is 2. The van der Waals surface area contributed by atoms with Crippen LogP contribution in [0, 0.1) is 5.92 Å². The maximum absolute atomic E-state index is 12.1. The largest absolute Gasteiger partial charge is 0.440 e. The van der Waals surface area contributed by atoms with E-state index in [2.05, 4.69) is 15.6 Å². The minimum absolute atomic E-state index is 0.0527. The van der Waals surface area contributed by atoms with Crippen molar-refractivity contribution in [3.63, 3.8) is 0 Å². The van der Waals surface area contributed by atoms with Crippen LogP contribution in [0.3, 0.4) is 0 Å². The van der Waals surface area contributed by atoms with Gasteiger partial charge in [0, 0.05) is 30.3 Å². The van der Waals surface area contributed by atoms with E-state index in [9.17, 15) is 4.79 Å². The number of amides is 2. The first-order valence-electron chi connectivity index (χ1n) is 8.15. The SMILES string of the molecule is CC(C)C(CCO)NC(=O)Nc1ccc2nc(C3CC3)oc2c1. The van der Waals surface area contributed by atoms with Crippen molar-refractivity contribution in [2.45, 2.75) is 45.1 Å². The second-order valence-electron chi connectivity index (χ2n) is 6.47. The molecule has 1 aromatic carbocycles. The van der Waals surface area contributed by atoms with E-state index in [1.165, 1.54) is 0 Å². The average molecular weight is 317 g/mol. The summed E-state index contributed by atoms with van der Waals surface area (Å²) >= 11 is 0. The van der Waals surface area contributed by atoms with Crippen LogP contribution in [0.15, 0.2) is 22.6 Å². The molecule has 0 radical (unpaired) electrons. The molecule has 0 aliphatic heterocycles. The van der Waals surface area contributed by atoms with Gasteiger partial charge in [0.1, 0.15) is 5.52 Å². The zero-order valence-corrected chi connectivity index (χ0v) is 13.5. The van der Waals surface area contributed by atoms with Crippen molar-refractivity contribution in [3.8, 4) is 0 Å². The van der Waals surface area contributed by atoms with Gasteiger partial charge in [-0.2, -0.15) is 0 Å². The van der Waals surface area contributed by atoms with Crippen LogP contribution < -0.4 is 10.6 Å². The number of urea groups is 1.